The van der Waals surface area contributed by atoms with E-state index in [1.807, 2.05) is 6.07 Å². The van der Waals surface area contributed by atoms with Crippen LogP contribution in [-0.2, 0) is 11.0 Å². The molecular formula is C29H35F3N3O2PS. The molecule has 0 amide bonds. The summed E-state index contributed by atoms with van der Waals surface area (Å²) in [6.45, 7) is 7.22. The van der Waals surface area contributed by atoms with Crippen molar-refractivity contribution in [2.75, 3.05) is 57.7 Å². The number of ether oxygens (including phenoxy) is 1. The first-order valence-corrected chi connectivity index (χ1v) is 16.1. The van der Waals surface area contributed by atoms with Gasteiger partial charge in [0, 0.05) is 17.9 Å². The summed E-state index contributed by atoms with van der Waals surface area (Å²) in [4.78, 5) is 2.61. The Labute approximate surface area is 236 Å². The Morgan fingerprint density at radius 1 is 1.26 bits per heavy atom. The van der Waals surface area contributed by atoms with Crippen molar-refractivity contribution >= 4 is 45.2 Å². The molecule has 210 valence electrons. The maximum absolute atomic E-state index is 13.6. The van der Waals surface area contributed by atoms with Gasteiger partial charge in [0.15, 0.2) is 0 Å². The van der Waals surface area contributed by atoms with Crippen molar-refractivity contribution < 1.29 is 26.6 Å². The van der Waals surface area contributed by atoms with Crippen molar-refractivity contribution in [1.82, 2.24) is 4.90 Å². The van der Waals surface area contributed by atoms with Crippen molar-refractivity contribution in [3.63, 3.8) is 0 Å². The maximum Gasteiger partial charge on any atom is 0.393 e. The molecule has 4 rings (SSSR count). The highest BCUT2D eigenvalue weighted by molar-refractivity contribution is 7.70. The van der Waals surface area contributed by atoms with Gasteiger partial charge in [0.05, 0.1) is 45.1 Å². The predicted octanol–water partition coefficient (Wildman–Crippen LogP) is 6.48. The van der Waals surface area contributed by atoms with Crippen LogP contribution in [0, 0.1) is 17.8 Å². The van der Waals surface area contributed by atoms with Crippen LogP contribution in [0.5, 0.6) is 5.75 Å². The number of thiophene rings is 1. The molecule has 0 unspecified atom stereocenters. The minimum absolute atomic E-state index is 0.00306. The van der Waals surface area contributed by atoms with Crippen molar-refractivity contribution in [2.45, 2.75) is 32.0 Å². The van der Waals surface area contributed by atoms with Gasteiger partial charge in [0.25, 0.3) is 0 Å². The number of hydrogen-bond acceptors (Lipinski definition) is 6. The standard InChI is InChI=1S/C29H35F3N3O2PS/c1-19-18-35(2)15-13-23(19)34-25-9-6-8-21-22(17-29(30,31)32)27(39-28(21)25)10-7-14-33-24-12-11-20(38(4,5)36)16-26(24)37-3/h6,8-9,11-12,16,19,23,33-34H,13-15,17-18H2,1-5H3/t19-,23+/m0/s1/i3D3. The van der Waals surface area contributed by atoms with Crippen molar-refractivity contribution in [3.05, 3.63) is 46.8 Å². The van der Waals surface area contributed by atoms with Gasteiger partial charge in [-0.25, -0.2) is 0 Å². The van der Waals surface area contributed by atoms with Crippen LogP contribution in [0.25, 0.3) is 10.1 Å². The molecular weight excluding hydrogens is 542 g/mol. The number of methoxy groups -OCH3 is 1. The zero-order valence-electron chi connectivity index (χ0n) is 25.4. The van der Waals surface area contributed by atoms with Crippen LogP contribution < -0.4 is 20.7 Å². The molecule has 0 aliphatic carbocycles. The average Bonchev–Trinajstić information content (AvgIpc) is 3.19. The number of alkyl halides is 3. The van der Waals surface area contributed by atoms with Gasteiger partial charge in [-0.2, -0.15) is 13.2 Å². The summed E-state index contributed by atoms with van der Waals surface area (Å²) in [6.07, 6.45) is -4.56. The van der Waals surface area contributed by atoms with E-state index in [1.165, 1.54) is 17.4 Å². The minimum atomic E-state index is -4.41. The van der Waals surface area contributed by atoms with E-state index in [9.17, 15) is 17.7 Å². The van der Waals surface area contributed by atoms with Gasteiger partial charge < -0.3 is 24.8 Å². The number of rotatable bonds is 7. The smallest absolute Gasteiger partial charge is 0.393 e. The fraction of sp³-hybridized carbons (Fsp3) is 0.448. The molecule has 2 atom stereocenters. The summed E-state index contributed by atoms with van der Waals surface area (Å²) < 4.78 is 81.7. The topological polar surface area (TPSA) is 53.6 Å². The fourth-order valence-corrected chi connectivity index (χ4v) is 6.90. The van der Waals surface area contributed by atoms with Crippen LogP contribution in [0.15, 0.2) is 36.4 Å². The molecule has 0 radical (unpaired) electrons. The van der Waals surface area contributed by atoms with Gasteiger partial charge >= 0.3 is 6.18 Å². The number of piperidine rings is 1. The third-order valence-corrected chi connectivity index (χ3v) is 9.63. The number of nitrogens with zero attached hydrogens (tertiary/aromatic N) is 1. The molecule has 0 spiro atoms. The lowest BCUT2D eigenvalue weighted by molar-refractivity contribution is -0.126. The molecule has 10 heteroatoms. The average molecular weight is 581 g/mol. The molecule has 2 heterocycles. The minimum Gasteiger partial charge on any atom is -0.495 e. The largest absolute Gasteiger partial charge is 0.495 e. The molecule has 39 heavy (non-hydrogen) atoms. The first-order valence-electron chi connectivity index (χ1n) is 14.2. The van der Waals surface area contributed by atoms with Crippen molar-refractivity contribution in [3.8, 4) is 17.6 Å². The third-order valence-electron chi connectivity index (χ3n) is 6.91. The van der Waals surface area contributed by atoms with Crippen LogP contribution >= 0.6 is 18.5 Å². The van der Waals surface area contributed by atoms with Gasteiger partial charge in [0.1, 0.15) is 12.9 Å². The van der Waals surface area contributed by atoms with Crippen LogP contribution in [0.1, 0.15) is 27.9 Å². The molecule has 1 saturated heterocycles. The number of halogens is 3. The van der Waals surface area contributed by atoms with Gasteiger partial charge in [-0.05, 0) is 74.5 Å². The molecule has 0 bridgehead atoms. The second kappa shape index (κ2) is 11.8. The Morgan fingerprint density at radius 2 is 2.05 bits per heavy atom. The number of hydrogen-bond donors (Lipinski definition) is 2. The Kier molecular flexibility index (Phi) is 7.68. The van der Waals surface area contributed by atoms with E-state index in [4.69, 9.17) is 8.85 Å². The van der Waals surface area contributed by atoms with E-state index in [0.29, 0.717) is 27.2 Å². The highest BCUT2D eigenvalue weighted by atomic mass is 32.1. The third kappa shape index (κ3) is 7.30. The van der Waals surface area contributed by atoms with Crippen LogP contribution in [0.2, 0.25) is 0 Å². The Hall–Kier alpha value is -2.66. The number of anilines is 2. The summed E-state index contributed by atoms with van der Waals surface area (Å²) in [6, 6.07) is 10.2. The Balaban J connectivity index is 1.62. The quantitative estimate of drug-likeness (QED) is 0.248. The second-order valence-electron chi connectivity index (χ2n) is 10.5. The molecule has 1 fully saturated rings. The van der Waals surface area contributed by atoms with Crippen molar-refractivity contribution in [1.29, 1.82) is 0 Å². The predicted molar refractivity (Wildman–Crippen MR) is 158 cm³/mol. The number of likely N-dealkylation sites (tertiary alicyclic amines) is 1. The van der Waals surface area contributed by atoms with Crippen molar-refractivity contribution in [2.24, 2.45) is 5.92 Å². The van der Waals surface area contributed by atoms with E-state index in [1.54, 1.807) is 37.6 Å². The van der Waals surface area contributed by atoms with Gasteiger partial charge in [-0.1, -0.05) is 30.9 Å². The molecule has 1 aliphatic rings. The molecule has 1 aliphatic heterocycles. The molecule has 2 aromatic carbocycles. The molecule has 1 aromatic heterocycles. The van der Waals surface area contributed by atoms with Gasteiger partial charge in [-0.15, -0.1) is 11.3 Å². The van der Waals surface area contributed by atoms with Crippen LogP contribution in [0.4, 0.5) is 24.5 Å². The van der Waals surface area contributed by atoms with Crippen LogP contribution in [0.3, 0.4) is 0 Å². The summed E-state index contributed by atoms with van der Waals surface area (Å²) in [5.74, 6) is 6.19. The number of fused-ring (bicyclic) bond motifs is 1. The van der Waals surface area contributed by atoms with E-state index in [-0.39, 0.29) is 23.9 Å². The fourth-order valence-electron chi connectivity index (χ4n) is 4.87. The monoisotopic (exact) mass is 580 g/mol. The zero-order valence-corrected chi connectivity index (χ0v) is 24.1. The molecule has 3 aromatic rings. The highest BCUT2D eigenvalue weighted by Gasteiger charge is 2.31. The number of nitrogens with one attached hydrogen (secondary N) is 2. The Bertz CT molecular complexity index is 1540. The first-order chi connectivity index (χ1) is 19.5. The SMILES string of the molecule is [2H]C([2H])([2H])Oc1cc(P(C)(C)=O)ccc1NCC#Cc1sc2c(N[C@@H]3CCN(C)C[C@@H]3C)cccc2c1CC(F)(F)F. The molecule has 0 saturated carbocycles. The molecule has 5 nitrogen and oxygen atoms in total. The zero-order chi connectivity index (χ0) is 30.9. The Morgan fingerprint density at radius 3 is 2.74 bits per heavy atom. The van der Waals surface area contributed by atoms with E-state index < -0.39 is 26.8 Å². The number of benzene rings is 2. The van der Waals surface area contributed by atoms with Gasteiger partial charge in [0.2, 0.25) is 0 Å². The normalized spacial score (nSPS) is 19.9. The lowest BCUT2D eigenvalue weighted by Gasteiger charge is -2.35. The summed E-state index contributed by atoms with van der Waals surface area (Å²) in [7, 11) is -3.32. The van der Waals surface area contributed by atoms with E-state index >= 15 is 0 Å². The van der Waals surface area contributed by atoms with E-state index in [2.05, 4.69) is 41.3 Å². The lowest BCUT2D eigenvalue weighted by atomic mass is 9.94. The summed E-state index contributed by atoms with van der Waals surface area (Å²) in [5.41, 5.74) is 1.28. The summed E-state index contributed by atoms with van der Waals surface area (Å²) >= 11 is 1.24. The van der Waals surface area contributed by atoms with Gasteiger partial charge in [-0.3, -0.25) is 0 Å². The lowest BCUT2D eigenvalue weighted by Crippen LogP contribution is -2.43. The second-order valence-corrected chi connectivity index (χ2v) is 14.7. The maximum atomic E-state index is 13.6. The first kappa shape index (κ1) is 25.3. The highest BCUT2D eigenvalue weighted by Crippen LogP contribution is 2.40. The van der Waals surface area contributed by atoms with E-state index in [0.717, 1.165) is 29.9 Å². The molecule has 2 N–H and O–H groups in total. The summed E-state index contributed by atoms with van der Waals surface area (Å²) in [5, 5.41) is 7.57. The van der Waals surface area contributed by atoms with Crippen LogP contribution in [-0.4, -0.2) is 64.2 Å².